The minimum atomic E-state index is -1.32. The Balaban J connectivity index is 1.41. The van der Waals surface area contributed by atoms with Crippen molar-refractivity contribution in [3.63, 3.8) is 0 Å². The largest absolute Gasteiger partial charge is 0.486 e. The lowest BCUT2D eigenvalue weighted by Gasteiger charge is -2.23. The number of benzene rings is 2. The van der Waals surface area contributed by atoms with Crippen molar-refractivity contribution in [1.82, 2.24) is 21.1 Å². The van der Waals surface area contributed by atoms with Crippen LogP contribution in [0.5, 0.6) is 5.75 Å². The highest BCUT2D eigenvalue weighted by Crippen LogP contribution is 2.19. The van der Waals surface area contributed by atoms with E-state index in [0.717, 1.165) is 5.39 Å². The van der Waals surface area contributed by atoms with E-state index in [1.165, 1.54) is 6.08 Å². The molecular formula is C29H30N4O7. The molecule has 1 aliphatic rings. The summed E-state index contributed by atoms with van der Waals surface area (Å²) in [6, 6.07) is 17.6. The Labute approximate surface area is 230 Å². The van der Waals surface area contributed by atoms with E-state index in [4.69, 9.17) is 9.57 Å². The minimum Gasteiger partial charge on any atom is -0.486 e. The summed E-state index contributed by atoms with van der Waals surface area (Å²) in [7, 11) is 0. The number of ether oxygens (including phenoxy) is 1. The molecule has 0 saturated heterocycles. The van der Waals surface area contributed by atoms with Gasteiger partial charge in [-0.25, -0.2) is 4.98 Å². The predicted octanol–water partition coefficient (Wildman–Crippen LogP) is 2.38. The van der Waals surface area contributed by atoms with Crippen LogP contribution in [0.2, 0.25) is 0 Å². The first-order valence-corrected chi connectivity index (χ1v) is 12.7. The van der Waals surface area contributed by atoms with Crippen LogP contribution in [0.1, 0.15) is 30.8 Å². The standard InChI is InChI=1S/C29H30N4O7/c1-17(2)27(32-28(37)21-13-12-18-8-6-7-11-20(18)30-21)23-14-25(40-33-23)29(38)31-22(15-26(35)36)24(34)16-39-19-9-4-3-5-10-19/h3-14,17,22,25,27,33H,15-16H2,1-2H3,(H,31,38)(H,32,37)(H,35,36)/t22-,25?,27-/m0/s1. The Morgan fingerprint density at radius 3 is 2.45 bits per heavy atom. The Morgan fingerprint density at radius 2 is 1.73 bits per heavy atom. The average molecular weight is 547 g/mol. The number of amides is 2. The Morgan fingerprint density at radius 1 is 1.00 bits per heavy atom. The number of rotatable bonds is 12. The lowest BCUT2D eigenvalue weighted by atomic mass is 9.99. The Kier molecular flexibility index (Phi) is 9.07. The number of fused-ring (bicyclic) bond motifs is 1. The molecule has 208 valence electrons. The molecule has 2 amide bonds. The molecule has 3 aromatic rings. The van der Waals surface area contributed by atoms with E-state index in [-0.39, 0.29) is 11.6 Å². The summed E-state index contributed by atoms with van der Waals surface area (Å²) in [5.41, 5.74) is 4.06. The lowest BCUT2D eigenvalue weighted by Crippen LogP contribution is -2.48. The number of Topliss-reactive ketones (excluding diaryl/α,β-unsaturated/α-hetero) is 1. The summed E-state index contributed by atoms with van der Waals surface area (Å²) in [4.78, 5) is 59.8. The van der Waals surface area contributed by atoms with Crippen molar-refractivity contribution < 1.29 is 33.9 Å². The predicted molar refractivity (Wildman–Crippen MR) is 145 cm³/mol. The Hall–Kier alpha value is -4.77. The molecule has 4 N–H and O–H groups in total. The molecule has 11 nitrogen and oxygen atoms in total. The molecule has 0 saturated carbocycles. The van der Waals surface area contributed by atoms with Gasteiger partial charge in [0.2, 0.25) is 0 Å². The molecule has 1 aliphatic heterocycles. The molecule has 4 rings (SSSR count). The highest BCUT2D eigenvalue weighted by atomic mass is 16.7. The second-order valence-electron chi connectivity index (χ2n) is 9.57. The van der Waals surface area contributed by atoms with Crippen LogP contribution in [0, 0.1) is 5.92 Å². The summed E-state index contributed by atoms with van der Waals surface area (Å²) in [6.07, 6.45) is -0.300. The van der Waals surface area contributed by atoms with E-state index in [2.05, 4.69) is 21.1 Å². The number of carboxylic acids is 1. The van der Waals surface area contributed by atoms with Gasteiger partial charge in [-0.3, -0.25) is 29.5 Å². The highest BCUT2D eigenvalue weighted by Gasteiger charge is 2.33. The minimum absolute atomic E-state index is 0.0926. The molecule has 40 heavy (non-hydrogen) atoms. The maximum Gasteiger partial charge on any atom is 0.305 e. The molecule has 1 unspecified atom stereocenters. The zero-order chi connectivity index (χ0) is 28.6. The van der Waals surface area contributed by atoms with Gasteiger partial charge < -0.3 is 20.5 Å². The molecule has 0 bridgehead atoms. The van der Waals surface area contributed by atoms with Crippen LogP contribution in [-0.4, -0.2) is 58.5 Å². The van der Waals surface area contributed by atoms with Gasteiger partial charge in [0, 0.05) is 5.39 Å². The van der Waals surface area contributed by atoms with Crippen LogP contribution < -0.4 is 20.9 Å². The van der Waals surface area contributed by atoms with Gasteiger partial charge in [-0.1, -0.05) is 56.3 Å². The SMILES string of the molecule is CC(C)[C@H](NC(=O)c1ccc2ccccc2n1)C1=CC(C(=O)N[C@@H](CC(=O)O)C(=O)COc2ccccc2)ON1. The Bertz CT molecular complexity index is 1420. The van der Waals surface area contributed by atoms with E-state index >= 15 is 0 Å². The van der Waals surface area contributed by atoms with Crippen LogP contribution >= 0.6 is 0 Å². The number of aromatic nitrogens is 1. The van der Waals surface area contributed by atoms with Crippen LogP contribution in [0.25, 0.3) is 10.9 Å². The van der Waals surface area contributed by atoms with Crippen molar-refractivity contribution in [1.29, 1.82) is 0 Å². The molecule has 2 aromatic carbocycles. The fourth-order valence-electron chi connectivity index (χ4n) is 4.12. The number of para-hydroxylation sites is 2. The highest BCUT2D eigenvalue weighted by molar-refractivity contribution is 5.96. The number of hydrogen-bond acceptors (Lipinski definition) is 8. The van der Waals surface area contributed by atoms with Crippen LogP contribution in [-0.2, 0) is 19.2 Å². The normalized spacial score (nSPS) is 16.0. The van der Waals surface area contributed by atoms with Crippen molar-refractivity contribution in [2.24, 2.45) is 5.92 Å². The molecule has 0 spiro atoms. The quantitative estimate of drug-likeness (QED) is 0.268. The van der Waals surface area contributed by atoms with Gasteiger partial charge in [-0.15, -0.1) is 0 Å². The molecule has 3 atom stereocenters. The summed E-state index contributed by atoms with van der Waals surface area (Å²) in [5.74, 6) is -2.63. The maximum absolute atomic E-state index is 13.0. The zero-order valence-electron chi connectivity index (χ0n) is 22.0. The van der Waals surface area contributed by atoms with Gasteiger partial charge in [0.15, 0.2) is 11.9 Å². The van der Waals surface area contributed by atoms with Crippen molar-refractivity contribution in [3.05, 3.63) is 84.2 Å². The number of carbonyl (C=O) groups excluding carboxylic acids is 3. The number of ketones is 1. The number of hydroxylamine groups is 1. The monoisotopic (exact) mass is 546 g/mol. The number of carbonyl (C=O) groups is 4. The third kappa shape index (κ3) is 7.20. The topological polar surface area (TPSA) is 156 Å². The molecule has 2 heterocycles. The smallest absolute Gasteiger partial charge is 0.305 e. The molecular weight excluding hydrogens is 516 g/mol. The van der Waals surface area contributed by atoms with Crippen molar-refractivity contribution in [2.45, 2.75) is 38.5 Å². The van der Waals surface area contributed by atoms with E-state index in [1.54, 1.807) is 36.4 Å². The molecule has 0 fully saturated rings. The fraction of sp³-hybridized carbons (Fsp3) is 0.276. The van der Waals surface area contributed by atoms with Crippen LogP contribution in [0.15, 0.2) is 78.5 Å². The number of pyridine rings is 1. The molecule has 0 aliphatic carbocycles. The first kappa shape index (κ1) is 28.2. The number of aliphatic carboxylic acids is 1. The summed E-state index contributed by atoms with van der Waals surface area (Å²) in [5, 5.41) is 15.5. The third-order valence-electron chi connectivity index (χ3n) is 6.22. The third-order valence-corrected chi connectivity index (χ3v) is 6.22. The van der Waals surface area contributed by atoms with Crippen molar-refractivity contribution in [2.75, 3.05) is 6.61 Å². The molecule has 11 heteroatoms. The fourth-order valence-corrected chi connectivity index (χ4v) is 4.12. The summed E-state index contributed by atoms with van der Waals surface area (Å²) >= 11 is 0. The van der Waals surface area contributed by atoms with Crippen LogP contribution in [0.3, 0.4) is 0 Å². The van der Waals surface area contributed by atoms with Gasteiger partial charge in [-0.05, 0) is 36.3 Å². The second-order valence-corrected chi connectivity index (χ2v) is 9.57. The number of nitrogens with zero attached hydrogens (tertiary/aromatic N) is 1. The van der Waals surface area contributed by atoms with Crippen LogP contribution in [0.4, 0.5) is 0 Å². The van der Waals surface area contributed by atoms with Gasteiger partial charge in [0.25, 0.3) is 11.8 Å². The number of nitrogens with one attached hydrogen (secondary N) is 3. The van der Waals surface area contributed by atoms with Gasteiger partial charge in [0.1, 0.15) is 24.1 Å². The van der Waals surface area contributed by atoms with E-state index < -0.39 is 54.8 Å². The van der Waals surface area contributed by atoms with Gasteiger partial charge in [0.05, 0.1) is 23.7 Å². The first-order valence-electron chi connectivity index (χ1n) is 12.7. The van der Waals surface area contributed by atoms with E-state index in [1.807, 2.05) is 44.2 Å². The van der Waals surface area contributed by atoms with Gasteiger partial charge >= 0.3 is 5.97 Å². The molecule has 1 aromatic heterocycles. The lowest BCUT2D eigenvalue weighted by molar-refractivity contribution is -0.141. The number of carboxylic acid groups (broad SMARTS) is 1. The molecule has 0 radical (unpaired) electrons. The van der Waals surface area contributed by atoms with Gasteiger partial charge in [-0.2, -0.15) is 0 Å². The summed E-state index contributed by atoms with van der Waals surface area (Å²) in [6.45, 7) is 3.36. The number of hydrogen-bond donors (Lipinski definition) is 4. The zero-order valence-corrected chi connectivity index (χ0v) is 22.0. The first-order chi connectivity index (χ1) is 19.2. The average Bonchev–Trinajstić information content (AvgIpc) is 3.44. The second kappa shape index (κ2) is 12.9. The van der Waals surface area contributed by atoms with Crippen molar-refractivity contribution in [3.8, 4) is 5.75 Å². The van der Waals surface area contributed by atoms with E-state index in [0.29, 0.717) is 17.0 Å². The maximum atomic E-state index is 13.0. The van der Waals surface area contributed by atoms with Crippen molar-refractivity contribution >= 4 is 34.5 Å². The summed E-state index contributed by atoms with van der Waals surface area (Å²) < 4.78 is 5.41. The van der Waals surface area contributed by atoms with E-state index in [9.17, 15) is 24.3 Å².